The molecular formula is C21H27NO. The van der Waals surface area contributed by atoms with Crippen LogP contribution in [0, 0.1) is 19.8 Å². The third kappa shape index (κ3) is 4.95. The van der Waals surface area contributed by atoms with Crippen molar-refractivity contribution in [2.24, 2.45) is 5.92 Å². The van der Waals surface area contributed by atoms with Crippen LogP contribution in [0.15, 0.2) is 42.5 Å². The Morgan fingerprint density at radius 3 is 2.04 bits per heavy atom. The normalized spacial score (nSPS) is 12.3. The monoisotopic (exact) mass is 309 g/mol. The minimum absolute atomic E-state index is 0.0339. The summed E-state index contributed by atoms with van der Waals surface area (Å²) in [6.45, 7) is 10.5. The van der Waals surface area contributed by atoms with Crippen molar-refractivity contribution in [2.45, 2.75) is 47.0 Å². The summed E-state index contributed by atoms with van der Waals surface area (Å²) in [4.78, 5) is 12.5. The highest BCUT2D eigenvalue weighted by atomic mass is 16.1. The molecule has 0 bridgehead atoms. The first-order chi connectivity index (χ1) is 10.8. The lowest BCUT2D eigenvalue weighted by Gasteiger charge is -2.14. The molecule has 0 spiro atoms. The van der Waals surface area contributed by atoms with Gasteiger partial charge in [-0.3, -0.25) is 4.79 Å². The first-order valence-corrected chi connectivity index (χ1v) is 8.33. The maximum atomic E-state index is 12.5. The fraction of sp³-hybridized carbons (Fsp3) is 0.381. The molecule has 1 atom stereocenters. The molecule has 0 radical (unpaired) electrons. The maximum absolute atomic E-state index is 12.5. The van der Waals surface area contributed by atoms with E-state index in [2.05, 4.69) is 49.5 Å². The van der Waals surface area contributed by atoms with E-state index in [9.17, 15) is 4.79 Å². The molecule has 0 aliphatic carbocycles. The van der Waals surface area contributed by atoms with Crippen molar-refractivity contribution in [1.82, 2.24) is 0 Å². The van der Waals surface area contributed by atoms with Gasteiger partial charge in [-0.05, 0) is 67.5 Å². The molecule has 0 saturated heterocycles. The van der Waals surface area contributed by atoms with Crippen LogP contribution in [-0.2, 0) is 11.2 Å². The number of hydrogen-bond acceptors (Lipinski definition) is 1. The number of hydrogen-bond donors (Lipinski definition) is 1. The molecule has 0 fully saturated rings. The Balaban J connectivity index is 2.06. The Hall–Kier alpha value is -2.09. The van der Waals surface area contributed by atoms with E-state index in [4.69, 9.17) is 0 Å². The predicted molar refractivity (Wildman–Crippen MR) is 97.9 cm³/mol. The zero-order valence-electron chi connectivity index (χ0n) is 14.8. The Bertz CT molecular complexity index is 650. The highest BCUT2D eigenvalue weighted by molar-refractivity contribution is 5.95. The van der Waals surface area contributed by atoms with Gasteiger partial charge in [0.05, 0.1) is 5.92 Å². The van der Waals surface area contributed by atoms with Crippen LogP contribution in [0.3, 0.4) is 0 Å². The number of nitrogens with one attached hydrogen (secondary N) is 1. The first-order valence-electron chi connectivity index (χ1n) is 8.33. The van der Waals surface area contributed by atoms with Gasteiger partial charge in [-0.25, -0.2) is 0 Å². The third-order valence-electron chi connectivity index (χ3n) is 4.01. The van der Waals surface area contributed by atoms with E-state index in [1.165, 1.54) is 5.56 Å². The highest BCUT2D eigenvalue weighted by Crippen LogP contribution is 2.21. The molecule has 2 rings (SSSR count). The van der Waals surface area contributed by atoms with E-state index < -0.39 is 0 Å². The lowest BCUT2D eigenvalue weighted by molar-refractivity contribution is -0.117. The van der Waals surface area contributed by atoms with Gasteiger partial charge in [0.15, 0.2) is 0 Å². The molecule has 0 unspecified atom stereocenters. The summed E-state index contributed by atoms with van der Waals surface area (Å²) in [5, 5.41) is 3.03. The van der Waals surface area contributed by atoms with Crippen LogP contribution in [0.25, 0.3) is 0 Å². The van der Waals surface area contributed by atoms with Crippen LogP contribution in [0.2, 0.25) is 0 Å². The Morgan fingerprint density at radius 1 is 0.957 bits per heavy atom. The molecule has 0 aromatic heterocycles. The molecule has 0 aliphatic rings. The van der Waals surface area contributed by atoms with E-state index in [-0.39, 0.29) is 11.8 Å². The number of benzene rings is 2. The third-order valence-corrected chi connectivity index (χ3v) is 4.01. The van der Waals surface area contributed by atoms with Crippen molar-refractivity contribution >= 4 is 11.6 Å². The van der Waals surface area contributed by atoms with E-state index in [0.29, 0.717) is 5.92 Å². The Morgan fingerprint density at radius 2 is 1.52 bits per heavy atom. The van der Waals surface area contributed by atoms with E-state index in [1.54, 1.807) is 0 Å². The molecule has 2 heteroatoms. The van der Waals surface area contributed by atoms with Crippen molar-refractivity contribution in [1.29, 1.82) is 0 Å². The van der Waals surface area contributed by atoms with Gasteiger partial charge in [0, 0.05) is 5.69 Å². The number of carbonyl (C=O) groups is 1. The maximum Gasteiger partial charge on any atom is 0.231 e. The molecule has 0 heterocycles. The standard InChI is InChI=1S/C21H27NO/c1-14(2)10-18-6-8-19(9-7-18)17(5)21(23)22-20-12-15(3)11-16(4)13-20/h6-9,11-14,17H,10H2,1-5H3,(H,22,23)/t17-/m0/s1. The average Bonchev–Trinajstić information content (AvgIpc) is 2.45. The molecule has 2 nitrogen and oxygen atoms in total. The molecule has 2 aromatic rings. The second-order valence-electron chi connectivity index (χ2n) is 6.93. The van der Waals surface area contributed by atoms with E-state index >= 15 is 0 Å². The van der Waals surface area contributed by atoms with Crippen LogP contribution in [-0.4, -0.2) is 5.91 Å². The lowest BCUT2D eigenvalue weighted by Crippen LogP contribution is -2.19. The molecule has 2 aromatic carbocycles. The summed E-state index contributed by atoms with van der Waals surface area (Å²) in [5.41, 5.74) is 5.57. The van der Waals surface area contributed by atoms with Gasteiger partial charge in [-0.2, -0.15) is 0 Å². The van der Waals surface area contributed by atoms with Crippen molar-refractivity contribution < 1.29 is 4.79 Å². The fourth-order valence-electron chi connectivity index (χ4n) is 2.86. The van der Waals surface area contributed by atoms with Gasteiger partial charge in [-0.15, -0.1) is 0 Å². The summed E-state index contributed by atoms with van der Waals surface area (Å²) < 4.78 is 0. The summed E-state index contributed by atoms with van der Waals surface area (Å²) in [5.74, 6) is 0.515. The van der Waals surface area contributed by atoms with Crippen molar-refractivity contribution in [3.05, 3.63) is 64.7 Å². The van der Waals surface area contributed by atoms with Crippen molar-refractivity contribution in [2.75, 3.05) is 5.32 Å². The molecule has 0 aliphatic heterocycles. The quantitative estimate of drug-likeness (QED) is 0.803. The topological polar surface area (TPSA) is 29.1 Å². The summed E-state index contributed by atoms with van der Waals surface area (Å²) in [6, 6.07) is 14.5. The predicted octanol–water partition coefficient (Wildman–Crippen LogP) is 5.24. The van der Waals surface area contributed by atoms with Crippen molar-refractivity contribution in [3.8, 4) is 0 Å². The minimum Gasteiger partial charge on any atom is -0.326 e. The second-order valence-corrected chi connectivity index (χ2v) is 6.93. The second kappa shape index (κ2) is 7.45. The zero-order chi connectivity index (χ0) is 17.0. The van der Waals surface area contributed by atoms with Gasteiger partial charge in [0.1, 0.15) is 0 Å². The molecule has 1 N–H and O–H groups in total. The molecule has 23 heavy (non-hydrogen) atoms. The minimum atomic E-state index is -0.163. The zero-order valence-corrected chi connectivity index (χ0v) is 14.8. The number of carbonyl (C=O) groups excluding carboxylic acids is 1. The SMILES string of the molecule is Cc1cc(C)cc(NC(=O)[C@@H](C)c2ccc(CC(C)C)cc2)c1. The molecule has 122 valence electrons. The van der Waals surface area contributed by atoms with Crippen LogP contribution in [0.1, 0.15) is 48.9 Å². The van der Waals surface area contributed by atoms with Gasteiger partial charge in [0.2, 0.25) is 5.91 Å². The van der Waals surface area contributed by atoms with Gasteiger partial charge in [0.25, 0.3) is 0 Å². The van der Waals surface area contributed by atoms with Crippen molar-refractivity contribution in [3.63, 3.8) is 0 Å². The lowest BCUT2D eigenvalue weighted by atomic mass is 9.96. The number of amides is 1. The van der Waals surface area contributed by atoms with Crippen LogP contribution >= 0.6 is 0 Å². The van der Waals surface area contributed by atoms with E-state index in [0.717, 1.165) is 28.8 Å². The molecule has 1 amide bonds. The smallest absolute Gasteiger partial charge is 0.231 e. The van der Waals surface area contributed by atoms with Crippen LogP contribution < -0.4 is 5.32 Å². The number of rotatable bonds is 5. The summed E-state index contributed by atoms with van der Waals surface area (Å²) in [7, 11) is 0. The summed E-state index contributed by atoms with van der Waals surface area (Å²) in [6.07, 6.45) is 1.07. The average molecular weight is 309 g/mol. The first kappa shape index (κ1) is 17.3. The van der Waals surface area contributed by atoms with Gasteiger partial charge < -0.3 is 5.32 Å². The Labute approximate surface area is 139 Å². The molecule has 0 saturated carbocycles. The highest BCUT2D eigenvalue weighted by Gasteiger charge is 2.15. The Kier molecular flexibility index (Phi) is 5.59. The van der Waals surface area contributed by atoms with E-state index in [1.807, 2.05) is 32.9 Å². The van der Waals surface area contributed by atoms with Crippen LogP contribution in [0.5, 0.6) is 0 Å². The molecular weight excluding hydrogens is 282 g/mol. The number of aryl methyl sites for hydroxylation is 2. The van der Waals surface area contributed by atoms with Gasteiger partial charge >= 0.3 is 0 Å². The summed E-state index contributed by atoms with van der Waals surface area (Å²) >= 11 is 0. The van der Waals surface area contributed by atoms with Gasteiger partial charge in [-0.1, -0.05) is 44.2 Å². The fourth-order valence-corrected chi connectivity index (χ4v) is 2.86. The van der Waals surface area contributed by atoms with Crippen LogP contribution in [0.4, 0.5) is 5.69 Å². The number of anilines is 1. The largest absolute Gasteiger partial charge is 0.326 e.